The molecule has 0 aliphatic rings. The van der Waals surface area contributed by atoms with E-state index in [0.717, 1.165) is 12.0 Å². The highest BCUT2D eigenvalue weighted by molar-refractivity contribution is 5.92. The number of nitrogens with one attached hydrogen (secondary N) is 1. The lowest BCUT2D eigenvalue weighted by Gasteiger charge is -2.12. The predicted molar refractivity (Wildman–Crippen MR) is 98.0 cm³/mol. The van der Waals surface area contributed by atoms with Gasteiger partial charge in [-0.05, 0) is 51.0 Å². The fraction of sp³-hybridized carbons (Fsp3) is 0.421. The highest BCUT2D eigenvalue weighted by atomic mass is 16.5. The minimum atomic E-state index is -0.364. The molecule has 1 amide bonds. The lowest BCUT2D eigenvalue weighted by atomic mass is 10.2. The van der Waals surface area contributed by atoms with Crippen LogP contribution in [0, 0.1) is 6.92 Å². The van der Waals surface area contributed by atoms with Crippen LogP contribution in [0.2, 0.25) is 0 Å². The van der Waals surface area contributed by atoms with Crippen molar-refractivity contribution in [1.82, 2.24) is 15.5 Å². The van der Waals surface area contributed by atoms with Gasteiger partial charge in [0.1, 0.15) is 6.04 Å². The molecule has 0 aliphatic carbocycles. The van der Waals surface area contributed by atoms with Crippen LogP contribution in [0.15, 0.2) is 28.8 Å². The van der Waals surface area contributed by atoms with Crippen LogP contribution in [-0.2, 0) is 4.79 Å². The van der Waals surface area contributed by atoms with Crippen LogP contribution < -0.4 is 14.8 Å². The summed E-state index contributed by atoms with van der Waals surface area (Å²) in [5, 5.41) is 6.49. The summed E-state index contributed by atoms with van der Waals surface area (Å²) in [6.45, 7) is 8.64. The first-order valence-corrected chi connectivity index (χ1v) is 8.71. The minimum absolute atomic E-state index is 0.252. The molecule has 1 aromatic heterocycles. The molecule has 140 valence electrons. The zero-order valence-electron chi connectivity index (χ0n) is 15.6. The van der Waals surface area contributed by atoms with Crippen LogP contribution in [0.4, 0.5) is 0 Å². The van der Waals surface area contributed by atoms with Gasteiger partial charge in [-0.3, -0.25) is 4.79 Å². The minimum Gasteiger partial charge on any atom is -0.490 e. The molecule has 0 saturated carbocycles. The Balaban J connectivity index is 2.01. The van der Waals surface area contributed by atoms with Crippen molar-refractivity contribution < 1.29 is 18.8 Å². The number of carbonyl (C=O) groups is 1. The molecule has 1 aromatic carbocycles. The number of benzene rings is 1. The summed E-state index contributed by atoms with van der Waals surface area (Å²) in [5.41, 5.74) is 0.841. The fourth-order valence-corrected chi connectivity index (χ4v) is 2.21. The Labute approximate surface area is 153 Å². The molecular weight excluding hydrogens is 334 g/mol. The number of aromatic nitrogens is 2. The van der Waals surface area contributed by atoms with Gasteiger partial charge < -0.3 is 19.3 Å². The second-order valence-electron chi connectivity index (χ2n) is 5.73. The maximum Gasteiger partial charge on any atom is 0.248 e. The summed E-state index contributed by atoms with van der Waals surface area (Å²) in [7, 11) is 0. The normalized spacial score (nSPS) is 12.2. The van der Waals surface area contributed by atoms with E-state index in [9.17, 15) is 4.79 Å². The summed E-state index contributed by atoms with van der Waals surface area (Å²) in [6, 6.07) is 5.21. The number of carbonyl (C=O) groups excluding carboxylic acids is 1. The number of ether oxygens (including phenoxy) is 2. The fourth-order valence-electron chi connectivity index (χ4n) is 2.21. The monoisotopic (exact) mass is 359 g/mol. The van der Waals surface area contributed by atoms with Crippen molar-refractivity contribution >= 4 is 12.0 Å². The average molecular weight is 359 g/mol. The maximum absolute atomic E-state index is 12.1. The molecule has 0 bridgehead atoms. The molecule has 26 heavy (non-hydrogen) atoms. The molecule has 1 unspecified atom stereocenters. The molecule has 1 atom stereocenters. The standard InChI is InChI=1S/C19H25N3O4/c1-5-11-25-16-9-7-15(12-17(16)24-6-2)8-10-18(23)20-13(3)19-21-14(4)22-26-19/h7-10,12-13H,5-6,11H2,1-4H3,(H,20,23)/b10-8+. The molecule has 2 aromatic rings. The number of rotatable bonds is 9. The van der Waals surface area contributed by atoms with E-state index < -0.39 is 0 Å². The van der Waals surface area contributed by atoms with Crippen molar-refractivity contribution in [2.24, 2.45) is 0 Å². The van der Waals surface area contributed by atoms with Crippen molar-refractivity contribution in [3.8, 4) is 11.5 Å². The van der Waals surface area contributed by atoms with E-state index in [4.69, 9.17) is 14.0 Å². The molecule has 1 heterocycles. The van der Waals surface area contributed by atoms with Crippen molar-refractivity contribution in [1.29, 1.82) is 0 Å². The zero-order valence-corrected chi connectivity index (χ0v) is 15.6. The Morgan fingerprint density at radius 3 is 2.77 bits per heavy atom. The second kappa shape index (κ2) is 9.60. The highest BCUT2D eigenvalue weighted by Crippen LogP contribution is 2.29. The van der Waals surface area contributed by atoms with Gasteiger partial charge in [-0.1, -0.05) is 18.1 Å². The maximum atomic E-state index is 12.1. The van der Waals surface area contributed by atoms with E-state index in [1.54, 1.807) is 19.9 Å². The number of hydrogen-bond donors (Lipinski definition) is 1. The quantitative estimate of drug-likeness (QED) is 0.690. The number of nitrogens with zero attached hydrogens (tertiary/aromatic N) is 2. The van der Waals surface area contributed by atoms with Gasteiger partial charge in [0, 0.05) is 6.08 Å². The summed E-state index contributed by atoms with van der Waals surface area (Å²) in [6.07, 6.45) is 4.09. The predicted octanol–water partition coefficient (Wildman–Crippen LogP) is 3.46. The molecule has 0 aliphatic heterocycles. The molecule has 7 heteroatoms. The number of hydrogen-bond acceptors (Lipinski definition) is 6. The molecule has 0 fully saturated rings. The summed E-state index contributed by atoms with van der Waals surface area (Å²) >= 11 is 0. The first-order chi connectivity index (χ1) is 12.5. The van der Waals surface area contributed by atoms with E-state index in [-0.39, 0.29) is 11.9 Å². The Morgan fingerprint density at radius 2 is 2.12 bits per heavy atom. The van der Waals surface area contributed by atoms with Crippen LogP contribution in [0.1, 0.15) is 50.5 Å². The Bertz CT molecular complexity index is 755. The lowest BCUT2D eigenvalue weighted by Crippen LogP contribution is -2.24. The smallest absolute Gasteiger partial charge is 0.248 e. The zero-order chi connectivity index (χ0) is 18.9. The third-order valence-corrected chi connectivity index (χ3v) is 3.43. The van der Waals surface area contributed by atoms with Gasteiger partial charge in [-0.2, -0.15) is 4.98 Å². The largest absolute Gasteiger partial charge is 0.490 e. The molecule has 7 nitrogen and oxygen atoms in total. The van der Waals surface area contributed by atoms with Gasteiger partial charge in [-0.25, -0.2) is 0 Å². The Morgan fingerprint density at radius 1 is 1.31 bits per heavy atom. The topological polar surface area (TPSA) is 86.5 Å². The molecule has 1 N–H and O–H groups in total. The first-order valence-electron chi connectivity index (χ1n) is 8.71. The third-order valence-electron chi connectivity index (χ3n) is 3.43. The first kappa shape index (κ1) is 19.5. The van der Waals surface area contributed by atoms with E-state index in [1.807, 2.05) is 32.0 Å². The van der Waals surface area contributed by atoms with E-state index in [2.05, 4.69) is 15.5 Å². The van der Waals surface area contributed by atoms with Gasteiger partial charge in [0.2, 0.25) is 11.8 Å². The van der Waals surface area contributed by atoms with E-state index in [0.29, 0.717) is 36.4 Å². The van der Waals surface area contributed by atoms with Crippen molar-refractivity contribution in [3.63, 3.8) is 0 Å². The van der Waals surface area contributed by atoms with E-state index in [1.165, 1.54) is 6.08 Å². The molecule has 2 rings (SSSR count). The number of aryl methyl sites for hydroxylation is 1. The van der Waals surface area contributed by atoms with Gasteiger partial charge in [0.15, 0.2) is 17.3 Å². The van der Waals surface area contributed by atoms with Crippen molar-refractivity contribution in [2.75, 3.05) is 13.2 Å². The second-order valence-corrected chi connectivity index (χ2v) is 5.73. The Hall–Kier alpha value is -2.83. The van der Waals surface area contributed by atoms with Gasteiger partial charge in [0.25, 0.3) is 0 Å². The van der Waals surface area contributed by atoms with Crippen molar-refractivity contribution in [2.45, 2.75) is 40.2 Å². The van der Waals surface area contributed by atoms with Crippen LogP contribution in [-0.4, -0.2) is 29.3 Å². The van der Waals surface area contributed by atoms with Gasteiger partial charge >= 0.3 is 0 Å². The van der Waals surface area contributed by atoms with Crippen LogP contribution >= 0.6 is 0 Å². The highest BCUT2D eigenvalue weighted by Gasteiger charge is 2.14. The molecule has 0 saturated heterocycles. The van der Waals surface area contributed by atoms with Crippen LogP contribution in [0.3, 0.4) is 0 Å². The van der Waals surface area contributed by atoms with Gasteiger partial charge in [-0.15, -0.1) is 0 Å². The SMILES string of the molecule is CCCOc1ccc(/C=C/C(=O)NC(C)c2nc(C)no2)cc1OCC. The van der Waals surface area contributed by atoms with E-state index >= 15 is 0 Å². The summed E-state index contributed by atoms with van der Waals surface area (Å²) in [4.78, 5) is 16.2. The number of amides is 1. The average Bonchev–Trinajstić information content (AvgIpc) is 3.06. The van der Waals surface area contributed by atoms with Gasteiger partial charge in [0.05, 0.1) is 13.2 Å². The lowest BCUT2D eigenvalue weighted by molar-refractivity contribution is -0.117. The molecule has 0 spiro atoms. The van der Waals surface area contributed by atoms with Crippen LogP contribution in [0.5, 0.6) is 11.5 Å². The van der Waals surface area contributed by atoms with Crippen LogP contribution in [0.25, 0.3) is 6.08 Å². The Kier molecular flexibility index (Phi) is 7.20. The third kappa shape index (κ3) is 5.61. The summed E-state index contributed by atoms with van der Waals surface area (Å²) in [5.74, 6) is 2.03. The molecular formula is C19H25N3O4. The molecule has 0 radical (unpaired) electrons. The summed E-state index contributed by atoms with van der Waals surface area (Å²) < 4.78 is 16.3. The van der Waals surface area contributed by atoms with Crippen molar-refractivity contribution in [3.05, 3.63) is 41.6 Å².